The van der Waals surface area contributed by atoms with E-state index in [0.29, 0.717) is 29.5 Å². The minimum Gasteiger partial charge on any atom is -0.489 e. The fraction of sp³-hybridized carbons (Fsp3) is 0.250. The van der Waals surface area contributed by atoms with Crippen LogP contribution in [0.5, 0.6) is 5.75 Å². The van der Waals surface area contributed by atoms with Crippen molar-refractivity contribution in [2.24, 2.45) is 0 Å². The molecule has 5 rings (SSSR count). The Morgan fingerprint density at radius 3 is 2.59 bits per heavy atom. The number of fused-ring (bicyclic) bond motifs is 1. The predicted octanol–water partition coefficient (Wildman–Crippen LogP) is 5.65. The predicted molar refractivity (Wildman–Crippen MR) is 134 cm³/mol. The molecule has 0 radical (unpaired) electrons. The first-order valence-electron chi connectivity index (χ1n) is 12.0. The summed E-state index contributed by atoms with van der Waals surface area (Å²) in [4.78, 5) is 13.1. The van der Waals surface area contributed by atoms with Crippen LogP contribution in [0.1, 0.15) is 30.4 Å². The summed E-state index contributed by atoms with van der Waals surface area (Å²) in [5.74, 6) is -0.867. The number of hydrogen-bond donors (Lipinski definition) is 0. The van der Waals surface area contributed by atoms with E-state index in [9.17, 15) is 22.0 Å². The number of rotatable bonds is 9. The third kappa shape index (κ3) is 5.57. The fourth-order valence-electron chi connectivity index (χ4n) is 4.61. The summed E-state index contributed by atoms with van der Waals surface area (Å²) < 4.78 is 66.6. The van der Waals surface area contributed by atoms with Crippen LogP contribution in [0.4, 0.5) is 8.78 Å². The van der Waals surface area contributed by atoms with Crippen LogP contribution in [0.25, 0.3) is 11.0 Å². The van der Waals surface area contributed by atoms with E-state index in [4.69, 9.17) is 9.15 Å². The molecule has 37 heavy (non-hydrogen) atoms. The van der Waals surface area contributed by atoms with Gasteiger partial charge in [-0.2, -0.15) is 4.31 Å². The van der Waals surface area contributed by atoms with Gasteiger partial charge >= 0.3 is 0 Å². The van der Waals surface area contributed by atoms with Crippen molar-refractivity contribution in [3.05, 3.63) is 95.6 Å². The van der Waals surface area contributed by atoms with Crippen molar-refractivity contribution in [3.63, 3.8) is 0 Å². The lowest BCUT2D eigenvalue weighted by Crippen LogP contribution is -2.40. The number of benzene rings is 3. The van der Waals surface area contributed by atoms with Crippen molar-refractivity contribution < 1.29 is 31.1 Å². The standard InChI is InChI=1S/C28H25F2NO5S/c29-22-9-11-27-21(15-22)16-28(36-27)37(33,34)31-12-4-7-25(31)26(32)10-8-20-13-23(30)17-24(14-20)35-18-19-5-2-1-3-6-19/h1-3,5-6,9,11,13-17,25H,4,7-8,10,12,18H2/t25-/m0/s1. The molecule has 0 unspecified atom stereocenters. The monoisotopic (exact) mass is 525 g/mol. The number of hydrogen-bond acceptors (Lipinski definition) is 5. The molecule has 3 aromatic carbocycles. The van der Waals surface area contributed by atoms with E-state index in [-0.39, 0.29) is 42.5 Å². The van der Waals surface area contributed by atoms with Gasteiger partial charge in [0.05, 0.1) is 6.04 Å². The number of aryl methyl sites for hydroxylation is 1. The Morgan fingerprint density at radius 2 is 1.78 bits per heavy atom. The van der Waals surface area contributed by atoms with Crippen LogP contribution in [0, 0.1) is 11.6 Å². The van der Waals surface area contributed by atoms with Gasteiger partial charge in [0.25, 0.3) is 10.0 Å². The molecule has 4 aromatic rings. The highest BCUT2D eigenvalue weighted by molar-refractivity contribution is 7.89. The molecule has 1 atom stereocenters. The van der Waals surface area contributed by atoms with Crippen LogP contribution in [-0.2, 0) is 27.8 Å². The average molecular weight is 526 g/mol. The number of halogens is 2. The third-order valence-electron chi connectivity index (χ3n) is 6.43. The van der Waals surface area contributed by atoms with E-state index in [1.807, 2.05) is 30.3 Å². The summed E-state index contributed by atoms with van der Waals surface area (Å²) >= 11 is 0. The number of nitrogens with zero attached hydrogens (tertiary/aromatic N) is 1. The number of Topliss-reactive ketones (excluding diaryl/α,β-unsaturated/α-hetero) is 1. The van der Waals surface area contributed by atoms with Crippen molar-refractivity contribution >= 4 is 26.8 Å². The maximum atomic E-state index is 14.2. The topological polar surface area (TPSA) is 76.8 Å². The smallest absolute Gasteiger partial charge is 0.277 e. The largest absolute Gasteiger partial charge is 0.489 e. The Bertz CT molecular complexity index is 1530. The summed E-state index contributed by atoms with van der Waals surface area (Å²) in [6.45, 7) is 0.466. The van der Waals surface area contributed by atoms with Crippen LogP contribution in [0.15, 0.2) is 82.3 Å². The molecule has 0 N–H and O–H groups in total. The molecule has 0 aliphatic carbocycles. The second-order valence-corrected chi connectivity index (χ2v) is 10.9. The van der Waals surface area contributed by atoms with Crippen molar-refractivity contribution in [3.8, 4) is 5.75 Å². The number of furan rings is 1. The second kappa shape index (κ2) is 10.4. The first-order chi connectivity index (χ1) is 17.8. The maximum Gasteiger partial charge on any atom is 0.277 e. The summed E-state index contributed by atoms with van der Waals surface area (Å²) in [5, 5.41) is 0.00942. The highest BCUT2D eigenvalue weighted by Crippen LogP contribution is 2.31. The molecule has 0 bridgehead atoms. The van der Waals surface area contributed by atoms with E-state index in [0.717, 1.165) is 9.87 Å². The molecule has 9 heteroatoms. The molecule has 1 saturated heterocycles. The number of ketones is 1. The summed E-state index contributed by atoms with van der Waals surface area (Å²) in [7, 11) is -4.09. The Labute approximate surface area is 213 Å². The number of carbonyl (C=O) groups is 1. The van der Waals surface area contributed by atoms with E-state index < -0.39 is 27.7 Å². The van der Waals surface area contributed by atoms with Gasteiger partial charge in [-0.1, -0.05) is 30.3 Å². The quantitative estimate of drug-likeness (QED) is 0.283. The lowest BCUT2D eigenvalue weighted by atomic mass is 10.0. The fourth-order valence-corrected chi connectivity index (χ4v) is 6.24. The molecule has 0 saturated carbocycles. The van der Waals surface area contributed by atoms with Crippen LogP contribution >= 0.6 is 0 Å². The molecule has 192 valence electrons. The van der Waals surface area contributed by atoms with E-state index in [2.05, 4.69) is 0 Å². The normalized spacial score (nSPS) is 16.3. The van der Waals surface area contributed by atoms with Crippen LogP contribution in [-0.4, -0.2) is 31.1 Å². The van der Waals surface area contributed by atoms with E-state index in [1.165, 1.54) is 36.4 Å². The van der Waals surface area contributed by atoms with Crippen molar-refractivity contribution in [1.29, 1.82) is 0 Å². The number of sulfonamides is 1. The minimum atomic E-state index is -4.09. The highest BCUT2D eigenvalue weighted by Gasteiger charge is 2.40. The first kappa shape index (κ1) is 25.1. The first-order valence-corrected chi connectivity index (χ1v) is 13.4. The minimum absolute atomic E-state index is 0.0452. The Balaban J connectivity index is 1.26. The molecule has 1 aliphatic heterocycles. The Kier molecular flexibility index (Phi) is 7.08. The van der Waals surface area contributed by atoms with Crippen molar-refractivity contribution in [2.45, 2.75) is 43.4 Å². The van der Waals surface area contributed by atoms with Crippen molar-refractivity contribution in [1.82, 2.24) is 4.31 Å². The molecular weight excluding hydrogens is 500 g/mol. The van der Waals surface area contributed by atoms with E-state index >= 15 is 0 Å². The van der Waals surface area contributed by atoms with Gasteiger partial charge in [0, 0.05) is 30.5 Å². The maximum absolute atomic E-state index is 14.2. The number of carbonyl (C=O) groups excluding carboxylic acids is 1. The average Bonchev–Trinajstić information content (AvgIpc) is 3.55. The Morgan fingerprint density at radius 1 is 0.973 bits per heavy atom. The molecule has 1 fully saturated rings. The zero-order valence-corrected chi connectivity index (χ0v) is 20.7. The summed E-state index contributed by atoms with van der Waals surface area (Å²) in [6, 6.07) is 18.0. The van der Waals surface area contributed by atoms with Gasteiger partial charge in [0.2, 0.25) is 5.09 Å². The van der Waals surface area contributed by atoms with Gasteiger partial charge in [0.1, 0.15) is 29.6 Å². The van der Waals surface area contributed by atoms with Crippen molar-refractivity contribution in [2.75, 3.05) is 6.54 Å². The van der Waals surface area contributed by atoms with Crippen LogP contribution < -0.4 is 4.74 Å². The van der Waals surface area contributed by atoms with Gasteiger partial charge in [-0.05, 0) is 60.7 Å². The van der Waals surface area contributed by atoms with Crippen LogP contribution in [0.2, 0.25) is 0 Å². The zero-order valence-electron chi connectivity index (χ0n) is 19.9. The molecule has 1 aliphatic rings. The third-order valence-corrected chi connectivity index (χ3v) is 8.20. The van der Waals surface area contributed by atoms with Gasteiger partial charge in [-0.15, -0.1) is 0 Å². The Hall–Kier alpha value is -3.56. The van der Waals surface area contributed by atoms with Gasteiger partial charge in [-0.25, -0.2) is 17.2 Å². The lowest BCUT2D eigenvalue weighted by Gasteiger charge is -2.21. The SMILES string of the molecule is O=C(CCc1cc(F)cc(OCc2ccccc2)c1)[C@@H]1CCCN1S(=O)(=O)c1cc2cc(F)ccc2o1. The zero-order chi connectivity index (χ0) is 26.0. The molecule has 0 spiro atoms. The lowest BCUT2D eigenvalue weighted by molar-refractivity contribution is -0.122. The highest BCUT2D eigenvalue weighted by atomic mass is 32.2. The molecule has 0 amide bonds. The van der Waals surface area contributed by atoms with Gasteiger partial charge < -0.3 is 9.15 Å². The number of ether oxygens (including phenoxy) is 1. The molecule has 6 nitrogen and oxygen atoms in total. The second-order valence-electron chi connectivity index (χ2n) is 9.06. The molecule has 2 heterocycles. The van der Waals surface area contributed by atoms with Crippen LogP contribution in [0.3, 0.4) is 0 Å². The summed E-state index contributed by atoms with van der Waals surface area (Å²) in [5.41, 5.74) is 1.78. The van der Waals surface area contributed by atoms with E-state index in [1.54, 1.807) is 6.07 Å². The molecule has 1 aromatic heterocycles. The summed E-state index contributed by atoms with van der Waals surface area (Å²) in [6.07, 6.45) is 1.21. The van der Waals surface area contributed by atoms with Gasteiger partial charge in [0.15, 0.2) is 5.78 Å². The molecular formula is C28H25F2NO5S. The van der Waals surface area contributed by atoms with Gasteiger partial charge in [-0.3, -0.25) is 4.79 Å².